The van der Waals surface area contributed by atoms with E-state index in [0.29, 0.717) is 34.7 Å². The number of benzene rings is 3. The molecule has 2 aliphatic carbocycles. The van der Waals surface area contributed by atoms with Crippen molar-refractivity contribution in [3.63, 3.8) is 0 Å². The zero-order valence-electron chi connectivity index (χ0n) is 30.9. The number of hydrogen-bond donors (Lipinski definition) is 4. The molecule has 2 saturated carbocycles. The molecule has 0 bridgehead atoms. The van der Waals surface area contributed by atoms with Gasteiger partial charge in [0.25, 0.3) is 0 Å². The van der Waals surface area contributed by atoms with Crippen molar-refractivity contribution in [1.82, 2.24) is 40.4 Å². The average Bonchev–Trinajstić information content (AvgIpc) is 3.85. The van der Waals surface area contributed by atoms with Gasteiger partial charge in [0, 0.05) is 12.1 Å². The van der Waals surface area contributed by atoms with Crippen molar-refractivity contribution >= 4 is 46.1 Å². The largest absolute Gasteiger partial charge is 0.455 e. The molecule has 0 unspecified atom stereocenters. The fraction of sp³-hybridized carbons (Fsp3) is 0.400. The van der Waals surface area contributed by atoms with Crippen LogP contribution in [0.4, 0.5) is 9.59 Å². The van der Waals surface area contributed by atoms with Crippen LogP contribution in [0.5, 0.6) is 11.5 Å². The SMILES string of the molecule is COC(=O)N[C@@H](C)C(=O)N1[C@@H]2C[C@@H]2C[C@H]1c1nc2ccc(-c3ccc(Oc4cccc5[nH]c([C@@H]6C[C@H]7C[C@H]7N6C(=O)[C@H](C)NC(=O)OC)nc45)cc3)cc2[nH]1. The van der Waals surface area contributed by atoms with Gasteiger partial charge >= 0.3 is 12.2 Å². The molecular formula is C40H42N8O7. The van der Waals surface area contributed by atoms with Gasteiger partial charge in [-0.2, -0.15) is 0 Å². The van der Waals surface area contributed by atoms with Crippen molar-refractivity contribution in [2.45, 2.75) is 75.8 Å². The summed E-state index contributed by atoms with van der Waals surface area (Å²) in [7, 11) is 2.56. The van der Waals surface area contributed by atoms with Crippen LogP contribution in [-0.4, -0.2) is 92.1 Å². The molecule has 2 aromatic heterocycles. The van der Waals surface area contributed by atoms with Gasteiger partial charge in [0.05, 0.1) is 42.9 Å². The Hall–Kier alpha value is -6.12. The number of hydrogen-bond acceptors (Lipinski definition) is 9. The minimum absolute atomic E-state index is 0.141. The van der Waals surface area contributed by atoms with Crippen LogP contribution in [0.25, 0.3) is 33.2 Å². The molecule has 4 heterocycles. The van der Waals surface area contributed by atoms with Crippen LogP contribution in [0, 0.1) is 11.8 Å². The van der Waals surface area contributed by atoms with Gasteiger partial charge in [0.15, 0.2) is 5.75 Å². The lowest BCUT2D eigenvalue weighted by molar-refractivity contribution is -0.135. The smallest absolute Gasteiger partial charge is 0.407 e. The maximum Gasteiger partial charge on any atom is 0.407 e. The number of alkyl carbamates (subject to hydrolysis) is 2. The summed E-state index contributed by atoms with van der Waals surface area (Å²) in [6, 6.07) is 18.1. The van der Waals surface area contributed by atoms with Crippen LogP contribution >= 0.6 is 0 Å². The molecule has 4 N–H and O–H groups in total. The number of ether oxygens (including phenoxy) is 3. The van der Waals surface area contributed by atoms with E-state index in [1.165, 1.54) is 14.2 Å². The van der Waals surface area contributed by atoms with Crippen LogP contribution in [0.1, 0.15) is 63.3 Å². The number of nitrogens with one attached hydrogen (secondary N) is 4. The van der Waals surface area contributed by atoms with Gasteiger partial charge in [-0.1, -0.05) is 24.3 Å². The number of aromatic nitrogens is 4. The number of carbonyl (C=O) groups excluding carboxylic acids is 4. The van der Waals surface area contributed by atoms with E-state index in [9.17, 15) is 19.2 Å². The van der Waals surface area contributed by atoms with Crippen molar-refractivity contribution in [3.8, 4) is 22.6 Å². The Kier molecular flexibility index (Phi) is 8.39. The Labute approximate surface area is 316 Å². The third-order valence-corrected chi connectivity index (χ3v) is 11.5. The molecule has 4 aliphatic rings. The topological polar surface area (TPSA) is 184 Å². The molecule has 4 fully saturated rings. The quantitative estimate of drug-likeness (QED) is 0.147. The first kappa shape index (κ1) is 34.6. The number of H-pyrrole nitrogens is 2. The van der Waals surface area contributed by atoms with Crippen LogP contribution in [0.2, 0.25) is 0 Å². The molecular weight excluding hydrogens is 704 g/mol. The zero-order valence-corrected chi connectivity index (χ0v) is 30.9. The first-order valence-electron chi connectivity index (χ1n) is 18.7. The van der Waals surface area contributed by atoms with E-state index < -0.39 is 24.3 Å². The highest BCUT2D eigenvalue weighted by Crippen LogP contribution is 2.54. The van der Waals surface area contributed by atoms with Crippen molar-refractivity contribution in [2.24, 2.45) is 11.8 Å². The number of para-hydroxylation sites is 1. The lowest BCUT2D eigenvalue weighted by Gasteiger charge is -2.29. The predicted molar refractivity (Wildman–Crippen MR) is 200 cm³/mol. The first-order chi connectivity index (χ1) is 26.6. The Morgan fingerprint density at radius 1 is 0.709 bits per heavy atom. The first-order valence-corrected chi connectivity index (χ1v) is 18.7. The zero-order chi connectivity index (χ0) is 38.1. The molecule has 55 heavy (non-hydrogen) atoms. The molecule has 9 rings (SSSR count). The van der Waals surface area contributed by atoms with Gasteiger partial charge in [-0.15, -0.1) is 0 Å². The Morgan fingerprint density at radius 2 is 1.27 bits per heavy atom. The second kappa shape index (κ2) is 13.3. The fourth-order valence-electron chi connectivity index (χ4n) is 8.55. The number of likely N-dealkylation sites (tertiary alicyclic amines) is 2. The van der Waals surface area contributed by atoms with Crippen molar-refractivity contribution in [3.05, 3.63) is 72.3 Å². The summed E-state index contributed by atoms with van der Waals surface area (Å²) < 4.78 is 15.8. The molecule has 2 aliphatic heterocycles. The number of amides is 4. The summed E-state index contributed by atoms with van der Waals surface area (Å²) in [4.78, 5) is 70.9. The van der Waals surface area contributed by atoms with Crippen molar-refractivity contribution < 1.29 is 33.4 Å². The third-order valence-electron chi connectivity index (χ3n) is 11.5. The standard InChI is InChI=1S/C40H42N8O7/c1-19(41-39(51)53-3)37(49)47-29-15-23(29)17-31(47)35-43-26-13-10-22(14-28(26)45-35)21-8-11-25(12-9-21)55-33-7-5-6-27-34(33)46-36(44-27)32-18-24-16-30(24)48(32)38(50)20(2)42-40(52)54-4/h5-14,19-20,23-24,29-32H,15-18H2,1-4H3,(H,41,51)(H,42,52)(H,43,45)(H,44,46)/t19-,20-,23+,24+,29+,30+,31-,32-/m0/s1. The maximum absolute atomic E-state index is 13.4. The number of carbonyl (C=O) groups is 4. The highest BCUT2D eigenvalue weighted by atomic mass is 16.5. The molecule has 15 nitrogen and oxygen atoms in total. The summed E-state index contributed by atoms with van der Waals surface area (Å²) >= 11 is 0. The summed E-state index contributed by atoms with van der Waals surface area (Å²) in [6.07, 6.45) is 2.28. The van der Waals surface area contributed by atoms with Gasteiger partial charge in [0.2, 0.25) is 11.8 Å². The molecule has 2 saturated heterocycles. The number of imidazole rings is 2. The van der Waals surface area contributed by atoms with E-state index in [4.69, 9.17) is 24.2 Å². The number of piperidine rings is 2. The number of fused-ring (bicyclic) bond motifs is 4. The van der Waals surface area contributed by atoms with E-state index >= 15 is 0 Å². The van der Waals surface area contributed by atoms with Crippen LogP contribution in [-0.2, 0) is 19.1 Å². The molecule has 8 atom stereocenters. The summed E-state index contributed by atoms with van der Waals surface area (Å²) in [6.45, 7) is 3.34. The van der Waals surface area contributed by atoms with Crippen LogP contribution < -0.4 is 15.4 Å². The minimum atomic E-state index is -0.724. The predicted octanol–water partition coefficient (Wildman–Crippen LogP) is 5.71. The number of methoxy groups -OCH3 is 2. The van der Waals surface area contributed by atoms with E-state index in [1.807, 2.05) is 64.4 Å². The van der Waals surface area contributed by atoms with E-state index in [-0.39, 0.29) is 36.0 Å². The fourth-order valence-corrected chi connectivity index (χ4v) is 8.55. The monoisotopic (exact) mass is 746 g/mol. The molecule has 0 radical (unpaired) electrons. The summed E-state index contributed by atoms with van der Waals surface area (Å²) in [5.41, 5.74) is 5.15. The lowest BCUT2D eigenvalue weighted by Crippen LogP contribution is -2.47. The van der Waals surface area contributed by atoms with Crippen LogP contribution in [0.15, 0.2) is 60.7 Å². The minimum Gasteiger partial charge on any atom is -0.455 e. The van der Waals surface area contributed by atoms with Gasteiger partial charge in [0.1, 0.15) is 35.0 Å². The van der Waals surface area contributed by atoms with Crippen LogP contribution in [0.3, 0.4) is 0 Å². The average molecular weight is 747 g/mol. The second-order valence-electron chi connectivity index (χ2n) is 15.1. The van der Waals surface area contributed by atoms with Gasteiger partial charge in [-0.3, -0.25) is 9.59 Å². The number of rotatable bonds is 9. The Bertz CT molecular complexity index is 2340. The molecule has 4 amide bonds. The van der Waals surface area contributed by atoms with Gasteiger partial charge < -0.3 is 44.6 Å². The maximum atomic E-state index is 13.4. The second-order valence-corrected chi connectivity index (χ2v) is 15.1. The summed E-state index contributed by atoms with van der Waals surface area (Å²) in [5, 5.41) is 5.20. The molecule has 0 spiro atoms. The number of nitrogens with zero attached hydrogens (tertiary/aromatic N) is 4. The number of aromatic amines is 2. The van der Waals surface area contributed by atoms with E-state index in [1.54, 1.807) is 13.8 Å². The summed E-state index contributed by atoms with van der Waals surface area (Å²) in [5.74, 6) is 3.24. The van der Waals surface area contributed by atoms with Crippen molar-refractivity contribution in [2.75, 3.05) is 14.2 Å². The molecule has 5 aromatic rings. The third kappa shape index (κ3) is 6.26. The van der Waals surface area contributed by atoms with Crippen molar-refractivity contribution in [1.29, 1.82) is 0 Å². The van der Waals surface area contributed by atoms with E-state index in [2.05, 4.69) is 26.7 Å². The molecule has 15 heteroatoms. The van der Waals surface area contributed by atoms with Gasteiger partial charge in [-0.05, 0) is 98.9 Å². The Morgan fingerprint density at radius 3 is 1.87 bits per heavy atom. The lowest BCUT2D eigenvalue weighted by atomic mass is 10.1. The van der Waals surface area contributed by atoms with E-state index in [0.717, 1.165) is 59.2 Å². The van der Waals surface area contributed by atoms with Gasteiger partial charge in [-0.25, -0.2) is 19.6 Å². The Balaban J connectivity index is 0.902. The molecule has 284 valence electrons. The molecule has 3 aromatic carbocycles. The highest BCUT2D eigenvalue weighted by Gasteiger charge is 2.57. The highest BCUT2D eigenvalue weighted by molar-refractivity contribution is 5.88. The normalized spacial score (nSPS) is 24.5.